The van der Waals surface area contributed by atoms with Crippen molar-refractivity contribution in [2.45, 2.75) is 45.3 Å². The molecule has 5 heteroatoms. The highest BCUT2D eigenvalue weighted by atomic mass is 16.5. The minimum Gasteiger partial charge on any atom is -0.393 e. The molecule has 5 nitrogen and oxygen atoms in total. The van der Waals surface area contributed by atoms with Gasteiger partial charge in [-0.3, -0.25) is 4.90 Å². The Balaban J connectivity index is 1.83. The Hall–Kier alpha value is -0.940. The molecule has 1 aromatic heterocycles. The number of rotatable bonds is 4. The Morgan fingerprint density at radius 2 is 2.19 bits per heavy atom. The number of aliphatic hydroxyl groups is 1. The molecular weight excluding hydrogens is 206 g/mol. The van der Waals surface area contributed by atoms with Crippen molar-refractivity contribution < 1.29 is 9.63 Å². The van der Waals surface area contributed by atoms with Crippen LogP contribution >= 0.6 is 0 Å². The van der Waals surface area contributed by atoms with Gasteiger partial charge in [-0.15, -0.1) is 0 Å². The number of hydrogen-bond acceptors (Lipinski definition) is 5. The molecule has 1 aliphatic heterocycles. The van der Waals surface area contributed by atoms with Gasteiger partial charge in [-0.05, 0) is 19.3 Å². The van der Waals surface area contributed by atoms with Gasteiger partial charge in [-0.2, -0.15) is 4.98 Å². The molecule has 0 unspecified atom stereocenters. The van der Waals surface area contributed by atoms with Crippen molar-refractivity contribution in [3.8, 4) is 0 Å². The molecule has 2 heterocycles. The smallest absolute Gasteiger partial charge is 0.240 e. The van der Waals surface area contributed by atoms with E-state index in [1.165, 1.54) is 0 Å². The second kappa shape index (κ2) is 5.41. The van der Waals surface area contributed by atoms with Crippen LogP contribution in [0.1, 0.15) is 37.9 Å². The van der Waals surface area contributed by atoms with Gasteiger partial charge >= 0.3 is 0 Å². The first-order valence-corrected chi connectivity index (χ1v) is 6.00. The van der Waals surface area contributed by atoms with E-state index in [4.69, 9.17) is 4.52 Å². The second-order valence-corrected chi connectivity index (χ2v) is 4.36. The van der Waals surface area contributed by atoms with E-state index in [0.717, 1.165) is 44.6 Å². The molecule has 0 spiro atoms. The van der Waals surface area contributed by atoms with Crippen LogP contribution in [-0.2, 0) is 13.0 Å². The Kier molecular flexibility index (Phi) is 3.90. The van der Waals surface area contributed by atoms with E-state index in [1.54, 1.807) is 0 Å². The maximum Gasteiger partial charge on any atom is 0.240 e. The van der Waals surface area contributed by atoms with E-state index in [1.807, 2.05) is 0 Å². The molecular formula is C11H19N3O2. The van der Waals surface area contributed by atoms with Gasteiger partial charge < -0.3 is 9.63 Å². The van der Waals surface area contributed by atoms with Crippen molar-refractivity contribution in [3.63, 3.8) is 0 Å². The van der Waals surface area contributed by atoms with Gasteiger partial charge in [0.05, 0.1) is 12.6 Å². The number of aromatic nitrogens is 2. The SMILES string of the molecule is CCCc1noc(CN2CCC(O)CC2)n1. The summed E-state index contributed by atoms with van der Waals surface area (Å²) in [6, 6.07) is 0. The Bertz CT molecular complexity index is 319. The van der Waals surface area contributed by atoms with E-state index in [9.17, 15) is 5.11 Å². The van der Waals surface area contributed by atoms with E-state index < -0.39 is 0 Å². The van der Waals surface area contributed by atoms with E-state index in [0.29, 0.717) is 12.4 Å². The largest absolute Gasteiger partial charge is 0.393 e. The van der Waals surface area contributed by atoms with E-state index in [-0.39, 0.29) is 6.10 Å². The van der Waals surface area contributed by atoms with Crippen molar-refractivity contribution in [2.24, 2.45) is 0 Å². The summed E-state index contributed by atoms with van der Waals surface area (Å²) < 4.78 is 5.18. The highest BCUT2D eigenvalue weighted by Crippen LogP contribution is 2.12. The molecule has 90 valence electrons. The monoisotopic (exact) mass is 225 g/mol. The molecule has 1 saturated heterocycles. The molecule has 0 amide bonds. The summed E-state index contributed by atoms with van der Waals surface area (Å²) in [6.07, 6.45) is 3.47. The average molecular weight is 225 g/mol. The zero-order chi connectivity index (χ0) is 11.4. The molecule has 1 aromatic rings. The van der Waals surface area contributed by atoms with Crippen molar-refractivity contribution in [2.75, 3.05) is 13.1 Å². The van der Waals surface area contributed by atoms with Crippen LogP contribution in [0.25, 0.3) is 0 Å². The molecule has 0 atom stereocenters. The van der Waals surface area contributed by atoms with Gasteiger partial charge in [-0.1, -0.05) is 12.1 Å². The second-order valence-electron chi connectivity index (χ2n) is 4.36. The maximum atomic E-state index is 9.39. The normalized spacial score (nSPS) is 19.1. The van der Waals surface area contributed by atoms with Crippen LogP contribution in [0.4, 0.5) is 0 Å². The van der Waals surface area contributed by atoms with Crippen molar-refractivity contribution >= 4 is 0 Å². The van der Waals surface area contributed by atoms with Crippen LogP contribution in [0.2, 0.25) is 0 Å². The number of aliphatic hydroxyl groups excluding tert-OH is 1. The third-order valence-electron chi connectivity index (χ3n) is 2.90. The molecule has 0 radical (unpaired) electrons. The predicted octanol–water partition coefficient (Wildman–Crippen LogP) is 0.979. The lowest BCUT2D eigenvalue weighted by Crippen LogP contribution is -2.35. The quantitative estimate of drug-likeness (QED) is 0.827. The van der Waals surface area contributed by atoms with Crippen LogP contribution in [0.5, 0.6) is 0 Å². The molecule has 16 heavy (non-hydrogen) atoms. The highest BCUT2D eigenvalue weighted by molar-refractivity contribution is 4.87. The van der Waals surface area contributed by atoms with Crippen molar-refractivity contribution in [3.05, 3.63) is 11.7 Å². The van der Waals surface area contributed by atoms with E-state index in [2.05, 4.69) is 22.0 Å². The minimum atomic E-state index is -0.130. The van der Waals surface area contributed by atoms with Crippen LogP contribution in [0.3, 0.4) is 0 Å². The average Bonchev–Trinajstić information content (AvgIpc) is 2.70. The zero-order valence-corrected chi connectivity index (χ0v) is 9.72. The van der Waals surface area contributed by atoms with Crippen molar-refractivity contribution in [1.82, 2.24) is 15.0 Å². The van der Waals surface area contributed by atoms with Crippen LogP contribution in [0.15, 0.2) is 4.52 Å². The van der Waals surface area contributed by atoms with Gasteiger partial charge in [0.2, 0.25) is 5.89 Å². The number of piperidine rings is 1. The first-order valence-electron chi connectivity index (χ1n) is 6.00. The fraction of sp³-hybridized carbons (Fsp3) is 0.818. The first kappa shape index (κ1) is 11.5. The summed E-state index contributed by atoms with van der Waals surface area (Å²) >= 11 is 0. The molecule has 0 aliphatic carbocycles. The van der Waals surface area contributed by atoms with Gasteiger partial charge in [0.15, 0.2) is 5.82 Å². The van der Waals surface area contributed by atoms with Gasteiger partial charge in [-0.25, -0.2) is 0 Å². The Labute approximate surface area is 95.4 Å². The molecule has 0 aromatic carbocycles. The summed E-state index contributed by atoms with van der Waals surface area (Å²) in [7, 11) is 0. The number of nitrogens with zero attached hydrogens (tertiary/aromatic N) is 3. The summed E-state index contributed by atoms with van der Waals surface area (Å²) in [4.78, 5) is 6.58. The summed E-state index contributed by atoms with van der Waals surface area (Å²) in [5.41, 5.74) is 0. The summed E-state index contributed by atoms with van der Waals surface area (Å²) in [6.45, 7) is 4.63. The summed E-state index contributed by atoms with van der Waals surface area (Å²) in [5, 5.41) is 13.3. The van der Waals surface area contributed by atoms with Gasteiger partial charge in [0.25, 0.3) is 0 Å². The molecule has 0 saturated carbocycles. The lowest BCUT2D eigenvalue weighted by Gasteiger charge is -2.27. The third kappa shape index (κ3) is 3.02. The standard InChI is InChI=1S/C11H19N3O2/c1-2-3-10-12-11(16-13-10)8-14-6-4-9(15)5-7-14/h9,15H,2-8H2,1H3. The van der Waals surface area contributed by atoms with Crippen LogP contribution < -0.4 is 0 Å². The van der Waals surface area contributed by atoms with Crippen LogP contribution in [0, 0.1) is 0 Å². The number of likely N-dealkylation sites (tertiary alicyclic amines) is 1. The minimum absolute atomic E-state index is 0.130. The summed E-state index contributed by atoms with van der Waals surface area (Å²) in [5.74, 6) is 1.49. The topological polar surface area (TPSA) is 62.4 Å². The Morgan fingerprint density at radius 1 is 1.44 bits per heavy atom. The molecule has 1 fully saturated rings. The molecule has 1 N–H and O–H groups in total. The lowest BCUT2D eigenvalue weighted by molar-refractivity contribution is 0.0740. The zero-order valence-electron chi connectivity index (χ0n) is 9.72. The molecule has 0 bridgehead atoms. The first-order chi connectivity index (χ1) is 7.78. The Morgan fingerprint density at radius 3 is 2.88 bits per heavy atom. The van der Waals surface area contributed by atoms with Crippen LogP contribution in [-0.4, -0.2) is 39.3 Å². The maximum absolute atomic E-state index is 9.39. The third-order valence-corrected chi connectivity index (χ3v) is 2.90. The van der Waals surface area contributed by atoms with Gasteiger partial charge in [0, 0.05) is 19.5 Å². The number of aryl methyl sites for hydroxylation is 1. The molecule has 2 rings (SSSR count). The molecule has 1 aliphatic rings. The van der Waals surface area contributed by atoms with E-state index >= 15 is 0 Å². The lowest BCUT2D eigenvalue weighted by atomic mass is 10.1. The fourth-order valence-electron chi connectivity index (χ4n) is 1.95. The number of hydrogen-bond donors (Lipinski definition) is 1. The fourth-order valence-corrected chi connectivity index (χ4v) is 1.95. The highest BCUT2D eigenvalue weighted by Gasteiger charge is 2.18. The predicted molar refractivity (Wildman–Crippen MR) is 58.8 cm³/mol. The van der Waals surface area contributed by atoms with Gasteiger partial charge in [0.1, 0.15) is 0 Å². The van der Waals surface area contributed by atoms with Crippen molar-refractivity contribution in [1.29, 1.82) is 0 Å².